The lowest BCUT2D eigenvalue weighted by Gasteiger charge is -2.07. The Morgan fingerprint density at radius 2 is 1.73 bits per heavy atom. The van der Waals surface area contributed by atoms with Gasteiger partial charge in [-0.1, -0.05) is 12.1 Å². The fourth-order valence-electron chi connectivity index (χ4n) is 2.21. The van der Waals surface area contributed by atoms with Crippen LogP contribution in [-0.4, -0.2) is 23.2 Å². The number of anilines is 2. The first-order chi connectivity index (χ1) is 12.6. The first-order valence-electron chi connectivity index (χ1n) is 7.91. The molecule has 0 saturated carbocycles. The zero-order valence-electron chi connectivity index (χ0n) is 14.1. The molecule has 0 fully saturated rings. The molecule has 1 aromatic heterocycles. The number of benzene rings is 2. The first kappa shape index (κ1) is 17.3. The van der Waals surface area contributed by atoms with Crippen LogP contribution >= 0.6 is 0 Å². The van der Waals surface area contributed by atoms with Gasteiger partial charge in [-0.2, -0.15) is 0 Å². The molecule has 1 heterocycles. The number of carbonyl (C=O) groups is 1. The summed E-state index contributed by atoms with van der Waals surface area (Å²) in [5.41, 5.74) is 1.75. The van der Waals surface area contributed by atoms with Crippen LogP contribution in [0.1, 0.15) is 16.1 Å². The average molecular weight is 352 g/mol. The van der Waals surface area contributed by atoms with Crippen molar-refractivity contribution < 1.29 is 13.9 Å². The van der Waals surface area contributed by atoms with Crippen molar-refractivity contribution in [3.05, 3.63) is 77.7 Å². The molecule has 3 rings (SSSR count). The van der Waals surface area contributed by atoms with E-state index in [2.05, 4.69) is 20.8 Å². The summed E-state index contributed by atoms with van der Waals surface area (Å²) >= 11 is 0. The SMILES string of the molecule is COc1ccc(NC(=O)c2ccc(NCc3ccc(F)cc3)nn2)cc1. The molecule has 0 unspecified atom stereocenters. The third-order valence-electron chi connectivity index (χ3n) is 3.63. The average Bonchev–Trinajstić information content (AvgIpc) is 2.68. The van der Waals surface area contributed by atoms with Crippen molar-refractivity contribution in [1.29, 1.82) is 0 Å². The smallest absolute Gasteiger partial charge is 0.276 e. The highest BCUT2D eigenvalue weighted by Crippen LogP contribution is 2.15. The van der Waals surface area contributed by atoms with Crippen LogP contribution in [0.15, 0.2) is 60.7 Å². The molecule has 7 heteroatoms. The van der Waals surface area contributed by atoms with Crippen LogP contribution in [0.2, 0.25) is 0 Å². The molecule has 0 radical (unpaired) electrons. The molecule has 26 heavy (non-hydrogen) atoms. The van der Waals surface area contributed by atoms with Crippen LogP contribution in [0.25, 0.3) is 0 Å². The maximum absolute atomic E-state index is 12.9. The van der Waals surface area contributed by atoms with Gasteiger partial charge in [-0.15, -0.1) is 10.2 Å². The highest BCUT2D eigenvalue weighted by molar-refractivity contribution is 6.02. The maximum atomic E-state index is 12.9. The van der Waals surface area contributed by atoms with Gasteiger partial charge in [0.25, 0.3) is 5.91 Å². The van der Waals surface area contributed by atoms with E-state index in [9.17, 15) is 9.18 Å². The molecule has 0 aliphatic heterocycles. The lowest BCUT2D eigenvalue weighted by Crippen LogP contribution is -2.14. The number of carbonyl (C=O) groups excluding carboxylic acids is 1. The third kappa shape index (κ3) is 4.54. The predicted molar refractivity (Wildman–Crippen MR) is 96.7 cm³/mol. The van der Waals surface area contributed by atoms with E-state index in [1.54, 1.807) is 55.6 Å². The van der Waals surface area contributed by atoms with E-state index in [-0.39, 0.29) is 17.4 Å². The van der Waals surface area contributed by atoms with Crippen molar-refractivity contribution in [2.24, 2.45) is 0 Å². The summed E-state index contributed by atoms with van der Waals surface area (Å²) in [4.78, 5) is 12.2. The van der Waals surface area contributed by atoms with Crippen LogP contribution < -0.4 is 15.4 Å². The second-order valence-corrected chi connectivity index (χ2v) is 5.47. The Morgan fingerprint density at radius 3 is 2.35 bits per heavy atom. The van der Waals surface area contributed by atoms with E-state index in [4.69, 9.17) is 4.74 Å². The minimum Gasteiger partial charge on any atom is -0.497 e. The van der Waals surface area contributed by atoms with Crippen molar-refractivity contribution in [3.63, 3.8) is 0 Å². The highest BCUT2D eigenvalue weighted by Gasteiger charge is 2.09. The molecule has 132 valence electrons. The Kier molecular flexibility index (Phi) is 5.38. The molecule has 1 amide bonds. The zero-order valence-corrected chi connectivity index (χ0v) is 14.1. The molecule has 3 aromatic rings. The molecular formula is C19H17FN4O2. The molecule has 2 N–H and O–H groups in total. The topological polar surface area (TPSA) is 76.1 Å². The Hall–Kier alpha value is -3.48. The Morgan fingerprint density at radius 1 is 1.00 bits per heavy atom. The minimum absolute atomic E-state index is 0.202. The lowest BCUT2D eigenvalue weighted by molar-refractivity contribution is 0.102. The number of ether oxygens (including phenoxy) is 1. The predicted octanol–water partition coefficient (Wildman–Crippen LogP) is 3.49. The van der Waals surface area contributed by atoms with Crippen LogP contribution in [-0.2, 0) is 6.54 Å². The first-order valence-corrected chi connectivity index (χ1v) is 7.91. The summed E-state index contributed by atoms with van der Waals surface area (Å²) in [5.74, 6) is 0.600. The van der Waals surface area contributed by atoms with Crippen molar-refractivity contribution >= 4 is 17.4 Å². The summed E-state index contributed by atoms with van der Waals surface area (Å²) in [6, 6.07) is 16.4. The third-order valence-corrected chi connectivity index (χ3v) is 3.63. The molecule has 0 spiro atoms. The Bertz CT molecular complexity index is 866. The fraction of sp³-hybridized carbons (Fsp3) is 0.105. The standard InChI is InChI=1S/C19H17FN4O2/c1-26-16-8-6-15(7-9-16)22-19(25)17-10-11-18(24-23-17)21-12-13-2-4-14(20)5-3-13/h2-11H,12H2,1H3,(H,21,24)(H,22,25). The number of rotatable bonds is 6. The van der Waals surface area contributed by atoms with Crippen LogP contribution in [0.4, 0.5) is 15.9 Å². The molecule has 6 nitrogen and oxygen atoms in total. The lowest BCUT2D eigenvalue weighted by atomic mass is 10.2. The Balaban J connectivity index is 1.57. The number of hydrogen-bond acceptors (Lipinski definition) is 5. The molecule has 0 atom stereocenters. The number of methoxy groups -OCH3 is 1. The number of halogens is 1. The van der Waals surface area contributed by atoms with Crippen molar-refractivity contribution in [2.75, 3.05) is 17.7 Å². The van der Waals surface area contributed by atoms with Crippen LogP contribution in [0.5, 0.6) is 5.75 Å². The largest absolute Gasteiger partial charge is 0.497 e. The van der Waals surface area contributed by atoms with Gasteiger partial charge >= 0.3 is 0 Å². The van der Waals surface area contributed by atoms with Gasteiger partial charge in [0.2, 0.25) is 0 Å². The monoisotopic (exact) mass is 352 g/mol. The van der Waals surface area contributed by atoms with Gasteiger partial charge in [-0.3, -0.25) is 4.79 Å². The molecule has 0 aliphatic carbocycles. The van der Waals surface area contributed by atoms with Crippen LogP contribution in [0.3, 0.4) is 0 Å². The summed E-state index contributed by atoms with van der Waals surface area (Å²) < 4.78 is 17.9. The van der Waals surface area contributed by atoms with E-state index >= 15 is 0 Å². The summed E-state index contributed by atoms with van der Waals surface area (Å²) in [6.45, 7) is 0.479. The second kappa shape index (κ2) is 8.06. The normalized spacial score (nSPS) is 10.2. The second-order valence-electron chi connectivity index (χ2n) is 5.47. The molecule has 0 aliphatic rings. The van der Waals surface area contributed by atoms with Crippen molar-refractivity contribution in [3.8, 4) is 5.75 Å². The number of nitrogens with one attached hydrogen (secondary N) is 2. The maximum Gasteiger partial charge on any atom is 0.276 e. The van der Waals surface area contributed by atoms with Gasteiger partial charge in [0.1, 0.15) is 17.4 Å². The molecule has 2 aromatic carbocycles. The van der Waals surface area contributed by atoms with Gasteiger partial charge in [-0.05, 0) is 54.1 Å². The summed E-state index contributed by atoms with van der Waals surface area (Å²) in [6.07, 6.45) is 0. The number of hydrogen-bond donors (Lipinski definition) is 2. The molecule has 0 saturated heterocycles. The quantitative estimate of drug-likeness (QED) is 0.710. The highest BCUT2D eigenvalue weighted by atomic mass is 19.1. The van der Waals surface area contributed by atoms with E-state index in [1.165, 1.54) is 12.1 Å². The summed E-state index contributed by atoms with van der Waals surface area (Å²) in [5, 5.41) is 13.7. The molecular weight excluding hydrogens is 335 g/mol. The minimum atomic E-state index is -0.354. The van der Waals surface area contributed by atoms with E-state index < -0.39 is 0 Å². The van der Waals surface area contributed by atoms with E-state index in [1.807, 2.05) is 0 Å². The van der Waals surface area contributed by atoms with Crippen LogP contribution in [0, 0.1) is 5.82 Å². The van der Waals surface area contributed by atoms with Gasteiger partial charge in [-0.25, -0.2) is 4.39 Å². The summed E-state index contributed by atoms with van der Waals surface area (Å²) in [7, 11) is 1.58. The van der Waals surface area contributed by atoms with Gasteiger partial charge in [0.15, 0.2) is 5.69 Å². The number of nitrogens with zero attached hydrogens (tertiary/aromatic N) is 2. The van der Waals surface area contributed by atoms with E-state index in [0.29, 0.717) is 23.8 Å². The zero-order chi connectivity index (χ0) is 18.4. The van der Waals surface area contributed by atoms with Gasteiger partial charge in [0, 0.05) is 12.2 Å². The number of amides is 1. The van der Waals surface area contributed by atoms with Crippen molar-refractivity contribution in [1.82, 2.24) is 10.2 Å². The van der Waals surface area contributed by atoms with E-state index in [0.717, 1.165) is 5.56 Å². The number of aromatic nitrogens is 2. The van der Waals surface area contributed by atoms with Crippen molar-refractivity contribution in [2.45, 2.75) is 6.54 Å². The fourth-order valence-corrected chi connectivity index (χ4v) is 2.21. The van der Waals surface area contributed by atoms with Gasteiger partial charge in [0.05, 0.1) is 7.11 Å². The van der Waals surface area contributed by atoms with Gasteiger partial charge < -0.3 is 15.4 Å². The molecule has 0 bridgehead atoms. The Labute approximate surface area is 150 Å².